The lowest BCUT2D eigenvalue weighted by atomic mass is 9.74. The van der Waals surface area contributed by atoms with Crippen LogP contribution >= 0.6 is 12.4 Å². The van der Waals surface area contributed by atoms with E-state index in [9.17, 15) is 4.79 Å². The van der Waals surface area contributed by atoms with Gasteiger partial charge in [0.2, 0.25) is 5.91 Å². The number of anilines is 1. The predicted molar refractivity (Wildman–Crippen MR) is 95.1 cm³/mol. The molecule has 1 spiro atoms. The van der Waals surface area contributed by atoms with Gasteiger partial charge in [0.05, 0.1) is 12.0 Å². The molecule has 2 aliphatic heterocycles. The number of rotatable bonds is 2. The molecule has 3 nitrogen and oxygen atoms in total. The number of hydrogen-bond donors (Lipinski definition) is 1. The molecule has 0 radical (unpaired) electrons. The molecule has 4 heteroatoms. The molecule has 0 atom stereocenters. The van der Waals surface area contributed by atoms with Crippen molar-refractivity contribution in [3.63, 3.8) is 0 Å². The van der Waals surface area contributed by atoms with Crippen LogP contribution in [0.15, 0.2) is 54.6 Å². The second kappa shape index (κ2) is 6.34. The van der Waals surface area contributed by atoms with Gasteiger partial charge in [-0.3, -0.25) is 4.79 Å². The van der Waals surface area contributed by atoms with E-state index < -0.39 is 0 Å². The van der Waals surface area contributed by atoms with E-state index in [4.69, 9.17) is 0 Å². The van der Waals surface area contributed by atoms with Crippen molar-refractivity contribution in [2.75, 3.05) is 18.0 Å². The molecular weight excluding hydrogens is 308 g/mol. The molecule has 4 rings (SSSR count). The van der Waals surface area contributed by atoms with Crippen molar-refractivity contribution in [2.24, 2.45) is 0 Å². The van der Waals surface area contributed by atoms with Crippen molar-refractivity contribution in [1.29, 1.82) is 0 Å². The summed E-state index contributed by atoms with van der Waals surface area (Å²) in [4.78, 5) is 15.2. The second-order valence-electron chi connectivity index (χ2n) is 6.23. The third-order valence-corrected chi connectivity index (χ3v) is 5.01. The van der Waals surface area contributed by atoms with Crippen LogP contribution in [0.3, 0.4) is 0 Å². The lowest BCUT2D eigenvalue weighted by Gasteiger charge is -2.33. The van der Waals surface area contributed by atoms with E-state index in [0.29, 0.717) is 6.54 Å². The highest BCUT2D eigenvalue weighted by Crippen LogP contribution is 2.47. The largest absolute Gasteiger partial charge is 0.317 e. The Hall–Kier alpha value is -1.84. The molecule has 23 heavy (non-hydrogen) atoms. The first-order valence-corrected chi connectivity index (χ1v) is 7.97. The monoisotopic (exact) mass is 328 g/mol. The van der Waals surface area contributed by atoms with Gasteiger partial charge in [0.15, 0.2) is 0 Å². The van der Waals surface area contributed by atoms with Gasteiger partial charge in [-0.2, -0.15) is 0 Å². The van der Waals surface area contributed by atoms with Crippen LogP contribution < -0.4 is 10.2 Å². The first-order valence-electron chi connectivity index (χ1n) is 7.97. The van der Waals surface area contributed by atoms with E-state index in [-0.39, 0.29) is 23.7 Å². The van der Waals surface area contributed by atoms with Crippen LogP contribution in [-0.4, -0.2) is 19.0 Å². The molecule has 0 aromatic heterocycles. The number of carbonyl (C=O) groups excluding carboxylic acids is 1. The molecule has 2 aromatic rings. The van der Waals surface area contributed by atoms with Crippen LogP contribution in [0.1, 0.15) is 24.0 Å². The van der Waals surface area contributed by atoms with Crippen molar-refractivity contribution in [3.8, 4) is 0 Å². The van der Waals surface area contributed by atoms with Gasteiger partial charge in [0, 0.05) is 5.69 Å². The second-order valence-corrected chi connectivity index (χ2v) is 6.23. The number of nitrogens with zero attached hydrogens (tertiary/aromatic N) is 1. The van der Waals surface area contributed by atoms with E-state index in [1.807, 2.05) is 29.2 Å². The Morgan fingerprint density at radius 3 is 2.35 bits per heavy atom. The molecular formula is C19H21ClN2O. The number of hydrogen-bond acceptors (Lipinski definition) is 2. The maximum atomic E-state index is 13.2. The van der Waals surface area contributed by atoms with Crippen LogP contribution in [0.5, 0.6) is 0 Å². The van der Waals surface area contributed by atoms with Crippen molar-refractivity contribution in [3.05, 3.63) is 65.7 Å². The summed E-state index contributed by atoms with van der Waals surface area (Å²) in [6.07, 6.45) is 1.79. The highest BCUT2D eigenvalue weighted by atomic mass is 35.5. The Morgan fingerprint density at radius 2 is 1.61 bits per heavy atom. The van der Waals surface area contributed by atoms with Crippen molar-refractivity contribution >= 4 is 24.0 Å². The lowest BCUT2D eigenvalue weighted by molar-refractivity contribution is -0.124. The van der Waals surface area contributed by atoms with E-state index in [1.54, 1.807) is 0 Å². The van der Waals surface area contributed by atoms with Gasteiger partial charge in [0.1, 0.15) is 0 Å². The molecule has 0 bridgehead atoms. The number of amides is 1. The molecule has 0 unspecified atom stereocenters. The van der Waals surface area contributed by atoms with Gasteiger partial charge in [-0.25, -0.2) is 0 Å². The smallest absolute Gasteiger partial charge is 0.238 e. The van der Waals surface area contributed by atoms with Crippen LogP contribution in [0.2, 0.25) is 0 Å². The van der Waals surface area contributed by atoms with E-state index in [2.05, 4.69) is 35.6 Å². The number of fused-ring (bicyclic) bond motifs is 2. The van der Waals surface area contributed by atoms with Crippen LogP contribution in [-0.2, 0) is 16.8 Å². The summed E-state index contributed by atoms with van der Waals surface area (Å²) in [5.41, 5.74) is 3.18. The molecule has 2 aliphatic rings. The summed E-state index contributed by atoms with van der Waals surface area (Å²) < 4.78 is 0. The zero-order chi connectivity index (χ0) is 15.0. The normalized spacial score (nSPS) is 18.6. The molecule has 1 amide bonds. The molecule has 0 saturated carbocycles. The van der Waals surface area contributed by atoms with E-state index in [1.165, 1.54) is 11.1 Å². The average molecular weight is 329 g/mol. The quantitative estimate of drug-likeness (QED) is 0.917. The first kappa shape index (κ1) is 16.0. The zero-order valence-electron chi connectivity index (χ0n) is 13.0. The third kappa shape index (κ3) is 2.54. The molecule has 120 valence electrons. The summed E-state index contributed by atoms with van der Waals surface area (Å²) in [6.45, 7) is 2.49. The Kier molecular flexibility index (Phi) is 4.42. The first-order chi connectivity index (χ1) is 10.8. The minimum Gasteiger partial charge on any atom is -0.317 e. The van der Waals surface area contributed by atoms with Crippen molar-refractivity contribution in [2.45, 2.75) is 24.8 Å². The molecule has 2 heterocycles. The van der Waals surface area contributed by atoms with E-state index in [0.717, 1.165) is 31.6 Å². The number of benzene rings is 2. The number of carbonyl (C=O) groups is 1. The number of halogens is 1. The fourth-order valence-electron chi connectivity index (χ4n) is 3.86. The Labute approximate surface area is 143 Å². The van der Waals surface area contributed by atoms with Gasteiger partial charge >= 0.3 is 0 Å². The molecule has 1 saturated heterocycles. The summed E-state index contributed by atoms with van der Waals surface area (Å²) in [5, 5.41) is 3.38. The van der Waals surface area contributed by atoms with Gasteiger partial charge in [-0.15, -0.1) is 12.4 Å². The maximum Gasteiger partial charge on any atom is 0.238 e. The topological polar surface area (TPSA) is 32.3 Å². The standard InChI is InChI=1S/C19H20N2O.ClH/c22-18-19(10-12-20-13-11-19)16-8-4-5-9-17(16)21(18)14-15-6-2-1-3-7-15;/h1-9,20H,10-14H2;1H. The molecule has 2 aromatic carbocycles. The van der Waals surface area contributed by atoms with Gasteiger partial charge in [-0.05, 0) is 43.1 Å². The highest BCUT2D eigenvalue weighted by molar-refractivity contribution is 6.08. The van der Waals surface area contributed by atoms with Gasteiger partial charge < -0.3 is 10.2 Å². The fourth-order valence-corrected chi connectivity index (χ4v) is 3.86. The predicted octanol–water partition coefficient (Wildman–Crippen LogP) is 3.28. The molecule has 1 N–H and O–H groups in total. The van der Waals surface area contributed by atoms with Crippen molar-refractivity contribution < 1.29 is 4.79 Å². The summed E-state index contributed by atoms with van der Waals surface area (Å²) in [7, 11) is 0. The Morgan fingerprint density at radius 1 is 0.957 bits per heavy atom. The Bertz CT molecular complexity index is 696. The lowest BCUT2D eigenvalue weighted by Crippen LogP contribution is -2.47. The van der Waals surface area contributed by atoms with Crippen LogP contribution in [0.4, 0.5) is 5.69 Å². The van der Waals surface area contributed by atoms with Gasteiger partial charge in [0.25, 0.3) is 0 Å². The SMILES string of the molecule is Cl.O=C1N(Cc2ccccc2)c2ccccc2C12CCNCC2. The number of para-hydroxylation sites is 1. The van der Waals surface area contributed by atoms with Gasteiger partial charge in [-0.1, -0.05) is 48.5 Å². The average Bonchev–Trinajstić information content (AvgIpc) is 2.80. The minimum absolute atomic E-state index is 0. The third-order valence-electron chi connectivity index (χ3n) is 5.01. The highest BCUT2D eigenvalue weighted by Gasteiger charge is 2.50. The van der Waals surface area contributed by atoms with Crippen LogP contribution in [0, 0.1) is 0 Å². The number of nitrogens with one attached hydrogen (secondary N) is 1. The summed E-state index contributed by atoms with van der Waals surface area (Å²) >= 11 is 0. The summed E-state index contributed by atoms with van der Waals surface area (Å²) in [6, 6.07) is 18.6. The maximum absolute atomic E-state index is 13.2. The number of piperidine rings is 1. The van der Waals surface area contributed by atoms with Crippen molar-refractivity contribution in [1.82, 2.24) is 5.32 Å². The van der Waals surface area contributed by atoms with Crippen LogP contribution in [0.25, 0.3) is 0 Å². The zero-order valence-corrected chi connectivity index (χ0v) is 13.8. The van der Waals surface area contributed by atoms with E-state index >= 15 is 0 Å². The summed E-state index contributed by atoms with van der Waals surface area (Å²) in [5.74, 6) is 0.277. The molecule has 0 aliphatic carbocycles. The Balaban J connectivity index is 0.00000156. The minimum atomic E-state index is -0.309. The molecule has 1 fully saturated rings. The fraction of sp³-hybridized carbons (Fsp3) is 0.316.